The van der Waals surface area contributed by atoms with Crippen LogP contribution in [0.5, 0.6) is 0 Å². The molecule has 1 atom stereocenters. The van der Waals surface area contributed by atoms with Crippen LogP contribution in [0, 0.1) is 4.77 Å². The molecule has 0 aliphatic heterocycles. The SMILES string of the molecule is CC(Cn1c(=S)[nH]c(=O)c2[nH]cnc21)OCc1ccccn1. The van der Waals surface area contributed by atoms with Crippen LogP contribution in [0.3, 0.4) is 0 Å². The lowest BCUT2D eigenvalue weighted by atomic mass is 10.3. The van der Waals surface area contributed by atoms with Gasteiger partial charge in [0, 0.05) is 6.20 Å². The Morgan fingerprint density at radius 1 is 1.41 bits per heavy atom. The van der Waals surface area contributed by atoms with E-state index in [0.717, 1.165) is 5.69 Å². The van der Waals surface area contributed by atoms with Gasteiger partial charge in [-0.3, -0.25) is 19.3 Å². The lowest BCUT2D eigenvalue weighted by molar-refractivity contribution is 0.0402. The van der Waals surface area contributed by atoms with Crippen molar-refractivity contribution in [1.29, 1.82) is 0 Å². The predicted octanol–water partition coefficient (Wildman–Crippen LogP) is 1.78. The van der Waals surface area contributed by atoms with E-state index < -0.39 is 0 Å². The number of hydrogen-bond donors (Lipinski definition) is 2. The van der Waals surface area contributed by atoms with Crippen molar-refractivity contribution in [2.45, 2.75) is 26.2 Å². The van der Waals surface area contributed by atoms with Crippen molar-refractivity contribution in [2.24, 2.45) is 0 Å². The van der Waals surface area contributed by atoms with Crippen LogP contribution in [0.4, 0.5) is 0 Å². The largest absolute Gasteiger partial charge is 0.370 e. The molecule has 0 amide bonds. The number of nitrogens with zero attached hydrogens (tertiary/aromatic N) is 3. The molecule has 0 saturated carbocycles. The highest BCUT2D eigenvalue weighted by atomic mass is 32.1. The molecule has 0 fully saturated rings. The molecule has 114 valence electrons. The summed E-state index contributed by atoms with van der Waals surface area (Å²) in [5, 5.41) is 0. The second-order valence-corrected chi connectivity index (χ2v) is 5.30. The Balaban J connectivity index is 1.77. The highest BCUT2D eigenvalue weighted by Gasteiger charge is 2.11. The lowest BCUT2D eigenvalue weighted by Gasteiger charge is -2.15. The monoisotopic (exact) mass is 317 g/mol. The first-order valence-electron chi connectivity index (χ1n) is 6.83. The number of ether oxygens (including phenoxy) is 1. The molecule has 2 N–H and O–H groups in total. The summed E-state index contributed by atoms with van der Waals surface area (Å²) in [5.74, 6) is 0. The van der Waals surface area contributed by atoms with Crippen molar-refractivity contribution in [3.05, 3.63) is 51.5 Å². The number of nitrogens with one attached hydrogen (secondary N) is 2. The quantitative estimate of drug-likeness (QED) is 0.700. The smallest absolute Gasteiger partial charge is 0.277 e. The van der Waals surface area contributed by atoms with Crippen LogP contribution >= 0.6 is 12.2 Å². The van der Waals surface area contributed by atoms with Crippen LogP contribution in [0.1, 0.15) is 12.6 Å². The van der Waals surface area contributed by atoms with Gasteiger partial charge in [0.1, 0.15) is 5.52 Å². The molecule has 1 unspecified atom stereocenters. The van der Waals surface area contributed by atoms with Gasteiger partial charge in [-0.05, 0) is 31.3 Å². The molecular weight excluding hydrogens is 302 g/mol. The number of aromatic nitrogens is 5. The summed E-state index contributed by atoms with van der Waals surface area (Å²) in [6, 6.07) is 5.69. The summed E-state index contributed by atoms with van der Waals surface area (Å²) in [6.07, 6.45) is 3.10. The lowest BCUT2D eigenvalue weighted by Crippen LogP contribution is -2.21. The summed E-state index contributed by atoms with van der Waals surface area (Å²) in [5.41, 5.74) is 1.53. The minimum Gasteiger partial charge on any atom is -0.370 e. The maximum absolute atomic E-state index is 11.8. The topological polar surface area (TPSA) is 88.6 Å². The van der Waals surface area contributed by atoms with Crippen molar-refractivity contribution < 1.29 is 4.74 Å². The normalized spacial score (nSPS) is 12.6. The van der Waals surface area contributed by atoms with Crippen LogP contribution < -0.4 is 5.56 Å². The molecule has 0 bridgehead atoms. The van der Waals surface area contributed by atoms with E-state index in [2.05, 4.69) is 19.9 Å². The third-order valence-electron chi connectivity index (χ3n) is 3.25. The molecule has 0 aromatic carbocycles. The van der Waals surface area contributed by atoms with E-state index in [1.54, 1.807) is 10.8 Å². The van der Waals surface area contributed by atoms with Crippen LogP contribution in [-0.4, -0.2) is 30.6 Å². The van der Waals surface area contributed by atoms with Gasteiger partial charge in [-0.1, -0.05) is 6.07 Å². The molecule has 3 rings (SSSR count). The van der Waals surface area contributed by atoms with Crippen molar-refractivity contribution in [2.75, 3.05) is 0 Å². The fraction of sp³-hybridized carbons (Fsp3) is 0.286. The predicted molar refractivity (Wildman–Crippen MR) is 84.0 cm³/mol. The second kappa shape index (κ2) is 6.20. The van der Waals surface area contributed by atoms with Crippen LogP contribution in [-0.2, 0) is 17.9 Å². The Morgan fingerprint density at radius 3 is 3.05 bits per heavy atom. The summed E-state index contributed by atoms with van der Waals surface area (Å²) in [7, 11) is 0. The molecule has 0 radical (unpaired) electrons. The molecule has 0 aliphatic carbocycles. The van der Waals surface area contributed by atoms with Gasteiger partial charge in [0.2, 0.25) is 0 Å². The van der Waals surface area contributed by atoms with Crippen molar-refractivity contribution in [3.8, 4) is 0 Å². The Kier molecular flexibility index (Phi) is 4.12. The molecule has 0 spiro atoms. The van der Waals surface area contributed by atoms with E-state index >= 15 is 0 Å². The Bertz CT molecular complexity index is 883. The first kappa shape index (κ1) is 14.6. The number of rotatable bonds is 5. The van der Waals surface area contributed by atoms with Gasteiger partial charge < -0.3 is 9.72 Å². The fourth-order valence-electron chi connectivity index (χ4n) is 2.17. The molecule has 3 heterocycles. The molecule has 3 aromatic rings. The Hall–Kier alpha value is -2.32. The zero-order valence-corrected chi connectivity index (χ0v) is 12.8. The molecule has 3 aromatic heterocycles. The molecule has 0 saturated heterocycles. The number of pyridine rings is 1. The van der Waals surface area contributed by atoms with Gasteiger partial charge in [0.15, 0.2) is 10.4 Å². The first-order valence-corrected chi connectivity index (χ1v) is 7.23. The van der Waals surface area contributed by atoms with E-state index in [1.807, 2.05) is 25.1 Å². The number of imidazole rings is 1. The van der Waals surface area contributed by atoms with Gasteiger partial charge in [-0.2, -0.15) is 0 Å². The average molecular weight is 317 g/mol. The molecule has 7 nitrogen and oxygen atoms in total. The van der Waals surface area contributed by atoms with Crippen LogP contribution in [0.15, 0.2) is 35.5 Å². The van der Waals surface area contributed by atoms with Gasteiger partial charge in [-0.25, -0.2) is 4.98 Å². The minimum atomic E-state index is -0.268. The van der Waals surface area contributed by atoms with Gasteiger partial charge in [0.05, 0.1) is 31.3 Å². The standard InChI is InChI=1S/C14H15N5O2S/c1-9(21-7-10-4-2-3-5-15-10)6-19-12-11(16-8-17-12)13(20)18-14(19)22/h2-5,8-9H,6-7H2,1H3,(H,16,17)(H,18,20,22). The number of aromatic amines is 2. The zero-order chi connectivity index (χ0) is 15.5. The van der Waals surface area contributed by atoms with Crippen molar-refractivity contribution >= 4 is 23.4 Å². The zero-order valence-electron chi connectivity index (χ0n) is 11.9. The summed E-state index contributed by atoms with van der Waals surface area (Å²) >= 11 is 5.21. The maximum atomic E-state index is 11.8. The van der Waals surface area contributed by atoms with E-state index in [-0.39, 0.29) is 11.7 Å². The fourth-order valence-corrected chi connectivity index (χ4v) is 2.43. The number of hydrogen-bond acceptors (Lipinski definition) is 5. The summed E-state index contributed by atoms with van der Waals surface area (Å²) in [4.78, 5) is 25.6. The first-order chi connectivity index (χ1) is 10.6. The van der Waals surface area contributed by atoms with Gasteiger partial charge in [-0.15, -0.1) is 0 Å². The van der Waals surface area contributed by atoms with E-state index in [1.165, 1.54) is 6.33 Å². The summed E-state index contributed by atoms with van der Waals surface area (Å²) < 4.78 is 7.87. The Labute approximate surface area is 131 Å². The van der Waals surface area contributed by atoms with Gasteiger partial charge >= 0.3 is 0 Å². The van der Waals surface area contributed by atoms with Crippen LogP contribution in [0.25, 0.3) is 11.2 Å². The average Bonchev–Trinajstić information content (AvgIpc) is 3.00. The second-order valence-electron chi connectivity index (χ2n) is 4.91. The maximum Gasteiger partial charge on any atom is 0.277 e. The van der Waals surface area contributed by atoms with Crippen LogP contribution in [0.2, 0.25) is 0 Å². The van der Waals surface area contributed by atoms with E-state index in [9.17, 15) is 4.79 Å². The molecule has 22 heavy (non-hydrogen) atoms. The molecular formula is C14H15N5O2S. The number of fused-ring (bicyclic) bond motifs is 1. The third-order valence-corrected chi connectivity index (χ3v) is 3.57. The van der Waals surface area contributed by atoms with E-state index in [0.29, 0.717) is 29.1 Å². The van der Waals surface area contributed by atoms with Gasteiger partial charge in [0.25, 0.3) is 5.56 Å². The molecule has 8 heteroatoms. The van der Waals surface area contributed by atoms with Crippen molar-refractivity contribution in [3.63, 3.8) is 0 Å². The minimum absolute atomic E-state index is 0.112. The van der Waals surface area contributed by atoms with E-state index in [4.69, 9.17) is 17.0 Å². The molecule has 0 aliphatic rings. The number of H-pyrrole nitrogens is 2. The van der Waals surface area contributed by atoms with Crippen molar-refractivity contribution in [1.82, 2.24) is 24.5 Å². The highest BCUT2D eigenvalue weighted by molar-refractivity contribution is 7.71. The highest BCUT2D eigenvalue weighted by Crippen LogP contribution is 2.08. The summed E-state index contributed by atoms with van der Waals surface area (Å²) in [6.45, 7) is 2.85. The third kappa shape index (κ3) is 2.97. The Morgan fingerprint density at radius 2 is 2.27 bits per heavy atom.